The molecule has 0 unspecified atom stereocenters. The van der Waals surface area contributed by atoms with E-state index in [1.165, 1.54) is 0 Å². The first-order valence-corrected chi connectivity index (χ1v) is 6.08. The van der Waals surface area contributed by atoms with Gasteiger partial charge in [0.15, 0.2) is 0 Å². The Bertz CT molecular complexity index is 526. The van der Waals surface area contributed by atoms with Gasteiger partial charge < -0.3 is 10.1 Å². The van der Waals surface area contributed by atoms with E-state index in [1.807, 2.05) is 44.3 Å². The van der Waals surface area contributed by atoms with E-state index in [0.29, 0.717) is 17.4 Å². The van der Waals surface area contributed by atoms with Crippen molar-refractivity contribution in [1.29, 1.82) is 0 Å². The molecule has 18 heavy (non-hydrogen) atoms. The molecule has 1 aromatic carbocycles. The van der Waals surface area contributed by atoms with Gasteiger partial charge in [0.25, 0.3) is 0 Å². The Morgan fingerprint density at radius 2 is 2.11 bits per heavy atom. The van der Waals surface area contributed by atoms with Gasteiger partial charge in [-0.15, -0.1) is 0 Å². The zero-order chi connectivity index (χ0) is 13.0. The number of hydrogen-bond donors (Lipinski definition) is 1. The molecule has 1 N–H and O–H groups in total. The van der Waals surface area contributed by atoms with Crippen LogP contribution in [0.4, 0.5) is 5.82 Å². The second kappa shape index (κ2) is 5.74. The van der Waals surface area contributed by atoms with Gasteiger partial charge in [0.2, 0.25) is 0 Å². The molecule has 0 saturated carbocycles. The molecule has 0 atom stereocenters. The summed E-state index contributed by atoms with van der Waals surface area (Å²) in [6, 6.07) is 9.61. The molecule has 0 fully saturated rings. The third kappa shape index (κ3) is 3.14. The van der Waals surface area contributed by atoms with Crippen molar-refractivity contribution in [1.82, 2.24) is 4.98 Å². The van der Waals surface area contributed by atoms with Crippen molar-refractivity contribution in [2.75, 3.05) is 12.4 Å². The van der Waals surface area contributed by atoms with Gasteiger partial charge in [-0.2, -0.15) is 0 Å². The number of ether oxygens (including phenoxy) is 1. The molecule has 0 aliphatic rings. The number of benzene rings is 1. The van der Waals surface area contributed by atoms with Crippen molar-refractivity contribution in [2.24, 2.45) is 0 Å². The average molecular weight is 263 g/mol. The molecule has 1 aromatic heterocycles. The van der Waals surface area contributed by atoms with Gasteiger partial charge in [-0.05, 0) is 30.7 Å². The van der Waals surface area contributed by atoms with Crippen molar-refractivity contribution < 1.29 is 4.74 Å². The van der Waals surface area contributed by atoms with E-state index in [-0.39, 0.29) is 0 Å². The van der Waals surface area contributed by atoms with E-state index >= 15 is 0 Å². The molecular weight excluding hydrogens is 248 g/mol. The smallest absolute Gasteiger partial charge is 0.138 e. The number of anilines is 1. The minimum atomic E-state index is 0.458. The molecule has 94 valence electrons. The van der Waals surface area contributed by atoms with Crippen molar-refractivity contribution in [3.05, 3.63) is 52.7 Å². The van der Waals surface area contributed by atoms with Crippen LogP contribution >= 0.6 is 11.6 Å². The van der Waals surface area contributed by atoms with E-state index in [2.05, 4.69) is 10.3 Å². The summed E-state index contributed by atoms with van der Waals surface area (Å²) in [6.45, 7) is 2.46. The highest BCUT2D eigenvalue weighted by atomic mass is 35.5. The molecule has 2 aromatic rings. The fourth-order valence-electron chi connectivity index (χ4n) is 1.54. The molecule has 4 heteroatoms. The molecule has 0 spiro atoms. The molecule has 0 bridgehead atoms. The lowest BCUT2D eigenvalue weighted by Crippen LogP contribution is -1.98. The summed E-state index contributed by atoms with van der Waals surface area (Å²) in [5, 5.41) is 3.60. The van der Waals surface area contributed by atoms with Gasteiger partial charge in [0.1, 0.15) is 18.2 Å². The van der Waals surface area contributed by atoms with Crippen LogP contribution in [0.15, 0.2) is 36.5 Å². The maximum Gasteiger partial charge on any atom is 0.138 e. The monoisotopic (exact) mass is 262 g/mol. The molecule has 0 saturated heterocycles. The lowest BCUT2D eigenvalue weighted by atomic mass is 10.2. The highest BCUT2D eigenvalue weighted by Gasteiger charge is 2.02. The Morgan fingerprint density at radius 3 is 2.78 bits per heavy atom. The molecule has 0 amide bonds. The highest BCUT2D eigenvalue weighted by molar-refractivity contribution is 6.32. The van der Waals surface area contributed by atoms with Crippen molar-refractivity contribution >= 4 is 17.4 Å². The van der Waals surface area contributed by atoms with Crippen LogP contribution in [0.2, 0.25) is 5.02 Å². The Morgan fingerprint density at radius 1 is 1.28 bits per heavy atom. The molecule has 1 heterocycles. The summed E-state index contributed by atoms with van der Waals surface area (Å²) in [6.07, 6.45) is 1.79. The zero-order valence-electron chi connectivity index (χ0n) is 10.4. The number of rotatable bonds is 4. The zero-order valence-corrected chi connectivity index (χ0v) is 11.2. The quantitative estimate of drug-likeness (QED) is 0.913. The Kier molecular flexibility index (Phi) is 4.05. The van der Waals surface area contributed by atoms with Crippen LogP contribution < -0.4 is 10.1 Å². The maximum absolute atomic E-state index is 6.06. The van der Waals surface area contributed by atoms with Crippen LogP contribution in [0.3, 0.4) is 0 Å². The fraction of sp³-hybridized carbons (Fsp3) is 0.214. The van der Waals surface area contributed by atoms with Gasteiger partial charge in [0.05, 0.1) is 5.02 Å². The molecule has 0 aliphatic heterocycles. The first kappa shape index (κ1) is 12.7. The van der Waals surface area contributed by atoms with Gasteiger partial charge in [-0.1, -0.05) is 23.7 Å². The predicted molar refractivity (Wildman–Crippen MR) is 74.3 cm³/mol. The average Bonchev–Trinajstić information content (AvgIpc) is 2.40. The second-order valence-electron chi connectivity index (χ2n) is 4.02. The van der Waals surface area contributed by atoms with E-state index in [4.69, 9.17) is 16.3 Å². The summed E-state index contributed by atoms with van der Waals surface area (Å²) < 4.78 is 5.68. The van der Waals surface area contributed by atoms with Gasteiger partial charge in [-0.3, -0.25) is 0 Å². The van der Waals surface area contributed by atoms with Gasteiger partial charge >= 0.3 is 0 Å². The molecule has 0 radical (unpaired) electrons. The Hall–Kier alpha value is -1.74. The SMILES string of the molecule is CNc1ccc(COc2cc(C)ccc2Cl)cn1. The number of halogens is 1. The first-order valence-electron chi connectivity index (χ1n) is 5.70. The van der Waals surface area contributed by atoms with Crippen molar-refractivity contribution in [3.8, 4) is 5.75 Å². The molecular formula is C14H15ClN2O. The minimum absolute atomic E-state index is 0.458. The Labute approximate surface area is 112 Å². The third-order valence-electron chi connectivity index (χ3n) is 2.56. The van der Waals surface area contributed by atoms with E-state index in [1.54, 1.807) is 6.20 Å². The summed E-state index contributed by atoms with van der Waals surface area (Å²) in [5.41, 5.74) is 2.13. The van der Waals surface area contributed by atoms with E-state index < -0.39 is 0 Å². The lowest BCUT2D eigenvalue weighted by Gasteiger charge is -2.09. The van der Waals surface area contributed by atoms with Gasteiger partial charge in [0, 0.05) is 18.8 Å². The fourth-order valence-corrected chi connectivity index (χ4v) is 1.71. The number of aromatic nitrogens is 1. The number of nitrogens with one attached hydrogen (secondary N) is 1. The number of aryl methyl sites for hydroxylation is 1. The largest absolute Gasteiger partial charge is 0.487 e. The van der Waals surface area contributed by atoms with Crippen LogP contribution in [0, 0.1) is 6.92 Å². The maximum atomic E-state index is 6.06. The predicted octanol–water partition coefficient (Wildman–Crippen LogP) is 3.66. The van der Waals surface area contributed by atoms with Crippen LogP contribution in [0.5, 0.6) is 5.75 Å². The Balaban J connectivity index is 2.04. The van der Waals surface area contributed by atoms with Crippen molar-refractivity contribution in [2.45, 2.75) is 13.5 Å². The summed E-state index contributed by atoms with van der Waals surface area (Å²) in [7, 11) is 1.84. The van der Waals surface area contributed by atoms with Crippen molar-refractivity contribution in [3.63, 3.8) is 0 Å². The van der Waals surface area contributed by atoms with Crippen LogP contribution in [0.1, 0.15) is 11.1 Å². The highest BCUT2D eigenvalue weighted by Crippen LogP contribution is 2.26. The topological polar surface area (TPSA) is 34.1 Å². The number of hydrogen-bond acceptors (Lipinski definition) is 3. The van der Waals surface area contributed by atoms with Gasteiger partial charge in [-0.25, -0.2) is 4.98 Å². The standard InChI is InChI=1S/C14H15ClN2O/c1-10-3-5-12(15)13(7-10)18-9-11-4-6-14(16-2)17-8-11/h3-8H,9H2,1-2H3,(H,16,17). The van der Waals surface area contributed by atoms with Crippen LogP contribution in [0.25, 0.3) is 0 Å². The summed E-state index contributed by atoms with van der Waals surface area (Å²) >= 11 is 6.06. The second-order valence-corrected chi connectivity index (χ2v) is 4.43. The summed E-state index contributed by atoms with van der Waals surface area (Å²) in [5.74, 6) is 1.54. The van der Waals surface area contributed by atoms with Crippen LogP contribution in [-0.4, -0.2) is 12.0 Å². The summed E-state index contributed by atoms with van der Waals surface area (Å²) in [4.78, 5) is 4.23. The lowest BCUT2D eigenvalue weighted by molar-refractivity contribution is 0.306. The molecule has 2 rings (SSSR count). The third-order valence-corrected chi connectivity index (χ3v) is 2.87. The minimum Gasteiger partial charge on any atom is -0.487 e. The van der Waals surface area contributed by atoms with Crippen LogP contribution in [-0.2, 0) is 6.61 Å². The number of nitrogens with zero attached hydrogens (tertiary/aromatic N) is 1. The molecule has 0 aliphatic carbocycles. The first-order chi connectivity index (χ1) is 8.69. The normalized spacial score (nSPS) is 10.2. The van der Waals surface area contributed by atoms with E-state index in [0.717, 1.165) is 16.9 Å². The van der Waals surface area contributed by atoms with E-state index in [9.17, 15) is 0 Å². The number of pyridine rings is 1. The molecule has 3 nitrogen and oxygen atoms in total.